The van der Waals surface area contributed by atoms with E-state index in [0.29, 0.717) is 0 Å². The molecule has 6 heteroatoms. The van der Waals surface area contributed by atoms with E-state index in [1.807, 2.05) is 22.1 Å². The second-order valence-corrected chi connectivity index (χ2v) is 4.88. The fourth-order valence-corrected chi connectivity index (χ4v) is 1.74. The summed E-state index contributed by atoms with van der Waals surface area (Å²) in [4.78, 5) is 4.16. The van der Waals surface area contributed by atoms with E-state index < -0.39 is 0 Å². The van der Waals surface area contributed by atoms with E-state index in [2.05, 4.69) is 68.9 Å². The predicted molar refractivity (Wildman–Crippen MR) is 91.6 cm³/mol. The Hall–Kier alpha value is -0.640. The lowest BCUT2D eigenvalue weighted by atomic mass is 10.2. The van der Waals surface area contributed by atoms with Crippen LogP contribution < -0.4 is 11.1 Å². The zero-order chi connectivity index (χ0) is 13.3. The van der Waals surface area contributed by atoms with E-state index in [9.17, 15) is 0 Å². The van der Waals surface area contributed by atoms with Gasteiger partial charge in [-0.15, -0.1) is 2.79 Å². The lowest BCUT2D eigenvalue weighted by molar-refractivity contribution is -0.198. The van der Waals surface area contributed by atoms with Gasteiger partial charge in [-0.2, -0.15) is 0 Å². The van der Waals surface area contributed by atoms with Gasteiger partial charge < -0.3 is 11.1 Å². The number of nitrogens with zero attached hydrogens (tertiary/aromatic N) is 2. The number of hydrogen-bond acceptors (Lipinski definition) is 2. The summed E-state index contributed by atoms with van der Waals surface area (Å²) in [6.45, 7) is 7.46. The van der Waals surface area contributed by atoms with Crippen molar-refractivity contribution in [3.63, 3.8) is 0 Å². The Morgan fingerprint density at radius 2 is 2.12 bits per heavy atom. The topological polar surface area (TPSA) is 53.4 Å². The van der Waals surface area contributed by atoms with Crippen molar-refractivity contribution < 1.29 is 2.79 Å². The third-order valence-electron chi connectivity index (χ3n) is 1.65. The Morgan fingerprint density at radius 1 is 1.47 bits per heavy atom. The summed E-state index contributed by atoms with van der Waals surface area (Å²) in [5.74, 6) is 0. The first-order valence-electron chi connectivity index (χ1n) is 4.67. The van der Waals surface area contributed by atoms with Gasteiger partial charge in [-0.25, -0.2) is 4.99 Å². The van der Waals surface area contributed by atoms with Crippen molar-refractivity contribution in [1.29, 1.82) is 0 Å². The molecule has 0 aromatic rings. The van der Waals surface area contributed by atoms with E-state index in [1.54, 1.807) is 12.3 Å². The first-order valence-corrected chi connectivity index (χ1v) is 6.71. The van der Waals surface area contributed by atoms with E-state index >= 15 is 0 Å². The highest BCUT2D eigenvalue weighted by molar-refractivity contribution is 14.1. The monoisotopic (exact) mass is 457 g/mol. The second-order valence-electron chi connectivity index (χ2n) is 2.68. The van der Waals surface area contributed by atoms with Crippen molar-refractivity contribution in [1.82, 2.24) is 5.32 Å². The average Bonchev–Trinajstić information content (AvgIpc) is 2.36. The molecule has 0 bridgehead atoms. The number of halogens is 2. The number of nitrogens with one attached hydrogen (secondary N) is 1. The minimum absolute atomic E-state index is 0.740. The van der Waals surface area contributed by atoms with E-state index in [4.69, 9.17) is 5.73 Å². The third-order valence-corrected chi connectivity index (χ3v) is 3.51. The number of aliphatic imine (C=N–C) groups is 1. The van der Waals surface area contributed by atoms with Crippen molar-refractivity contribution in [2.75, 3.05) is 7.05 Å². The highest BCUT2D eigenvalue weighted by Gasteiger charge is 2.16. The molecule has 0 rings (SSSR count). The van der Waals surface area contributed by atoms with Crippen LogP contribution in [-0.4, -0.2) is 21.9 Å². The molecule has 0 aliphatic heterocycles. The Kier molecular flexibility index (Phi) is 9.04. The van der Waals surface area contributed by atoms with Gasteiger partial charge in [-0.3, -0.25) is 0 Å². The van der Waals surface area contributed by atoms with Crippen LogP contribution in [0.5, 0.6) is 0 Å². The van der Waals surface area contributed by atoms with Crippen LogP contribution in [-0.2, 0) is 0 Å². The highest BCUT2D eigenvalue weighted by Crippen LogP contribution is 2.18. The summed E-state index contributed by atoms with van der Waals surface area (Å²) < 4.78 is 2.74. The summed E-state index contributed by atoms with van der Waals surface area (Å²) in [5, 5.41) is 2.93. The van der Waals surface area contributed by atoms with Crippen LogP contribution in [0, 0.1) is 0 Å². The number of nitrogens with two attached hydrogens (primary N) is 1. The zero-order valence-corrected chi connectivity index (χ0v) is 13.8. The largest absolute Gasteiger partial charge is 0.394 e. The lowest BCUT2D eigenvalue weighted by Gasteiger charge is -2.00. The van der Waals surface area contributed by atoms with Gasteiger partial charge in [0.05, 0.1) is 6.34 Å². The fraction of sp³-hybridized carbons (Fsp3) is 0.0909. The van der Waals surface area contributed by atoms with E-state index in [-0.39, 0.29) is 0 Å². The van der Waals surface area contributed by atoms with Crippen molar-refractivity contribution >= 4 is 57.5 Å². The van der Waals surface area contributed by atoms with Gasteiger partial charge in [0.25, 0.3) is 0 Å². The van der Waals surface area contributed by atoms with Gasteiger partial charge in [0.2, 0.25) is 5.71 Å². The zero-order valence-electron chi connectivity index (χ0n) is 9.53. The molecule has 4 nitrogen and oxygen atoms in total. The molecule has 3 N–H and O–H groups in total. The molecule has 17 heavy (non-hydrogen) atoms. The predicted octanol–water partition coefficient (Wildman–Crippen LogP) is 2.49. The molecule has 0 aliphatic rings. The van der Waals surface area contributed by atoms with Crippen LogP contribution in [0.15, 0.2) is 52.0 Å². The highest BCUT2D eigenvalue weighted by atomic mass is 127. The molecule has 0 atom stereocenters. The van der Waals surface area contributed by atoms with Crippen molar-refractivity contribution in [2.45, 2.75) is 0 Å². The summed E-state index contributed by atoms with van der Waals surface area (Å²) in [5.41, 5.74) is 6.97. The molecule has 0 saturated heterocycles. The van der Waals surface area contributed by atoms with Crippen LogP contribution in [0.2, 0.25) is 0 Å². The molecule has 0 heterocycles. The maximum atomic E-state index is 5.37. The fourth-order valence-electron chi connectivity index (χ4n) is 0.933. The Morgan fingerprint density at radius 3 is 2.53 bits per heavy atom. The Balaban J connectivity index is 5.81. The Labute approximate surface area is 129 Å². The summed E-state index contributed by atoms with van der Waals surface area (Å²) in [7, 11) is 1.83. The van der Waals surface area contributed by atoms with Crippen LogP contribution in [0.4, 0.5) is 0 Å². The van der Waals surface area contributed by atoms with E-state index in [0.717, 1.165) is 15.0 Å². The van der Waals surface area contributed by atoms with Gasteiger partial charge in [0.15, 0.2) is 11.9 Å². The summed E-state index contributed by atoms with van der Waals surface area (Å²) >= 11 is 4.28. The molecule has 0 aromatic heterocycles. The smallest absolute Gasteiger partial charge is 0.354 e. The van der Waals surface area contributed by atoms with Gasteiger partial charge in [-0.1, -0.05) is 12.7 Å². The maximum absolute atomic E-state index is 5.37. The molecule has 0 aliphatic carbocycles. The molecule has 0 fully saturated rings. The maximum Gasteiger partial charge on any atom is 0.354 e. The first kappa shape index (κ1) is 16.4. The van der Waals surface area contributed by atoms with Crippen LogP contribution in [0.3, 0.4) is 0 Å². The molecule has 0 amide bonds. The van der Waals surface area contributed by atoms with Gasteiger partial charge in [0.1, 0.15) is 0 Å². The first-order chi connectivity index (χ1) is 8.12. The molecule has 0 saturated carbocycles. The summed E-state index contributed by atoms with van der Waals surface area (Å²) in [6.07, 6.45) is 8.37. The Bertz CT molecular complexity index is 406. The summed E-state index contributed by atoms with van der Waals surface area (Å²) in [6, 6.07) is 0. The average molecular weight is 457 g/mol. The normalized spacial score (nSPS) is 14.5. The minimum Gasteiger partial charge on any atom is -0.394 e. The van der Waals surface area contributed by atoms with Crippen molar-refractivity contribution in [2.24, 2.45) is 10.7 Å². The molecule has 92 valence electrons. The van der Waals surface area contributed by atoms with E-state index in [1.165, 1.54) is 6.34 Å². The number of hydrogen-bond donors (Lipinski definition) is 2. The molecule has 0 aromatic carbocycles. The molecular formula is C11H15I2N4+. The molecular weight excluding hydrogens is 442 g/mol. The number of allylic oxidation sites excluding steroid dienone is 3. The quantitative estimate of drug-likeness (QED) is 0.212. The van der Waals surface area contributed by atoms with Crippen molar-refractivity contribution in [3.8, 4) is 0 Å². The molecule has 0 radical (unpaired) electrons. The minimum atomic E-state index is 0.740. The number of rotatable bonds is 6. The molecule has 0 spiro atoms. The second kappa shape index (κ2) is 9.40. The standard InChI is InChI=1S/C11H14I2N4/c1-4-9(12)11(16-8-14)10(6-7-15-3)17(13)5-2/h4-8H,1-2H2,3H3,(H2,14,16)/p+1/b11-9+. The SMILES string of the molecule is C=C/C(I)=C(\N=C/N)C(/C=C\NC)=[N+](\I)C=C. The van der Waals surface area contributed by atoms with Crippen LogP contribution in [0.25, 0.3) is 0 Å². The lowest BCUT2D eigenvalue weighted by Crippen LogP contribution is -2.11. The van der Waals surface area contributed by atoms with Crippen molar-refractivity contribution in [3.05, 3.63) is 47.0 Å². The van der Waals surface area contributed by atoms with Gasteiger partial charge in [0, 0.05) is 22.9 Å². The van der Waals surface area contributed by atoms with Gasteiger partial charge in [-0.05, 0) is 29.2 Å². The molecule has 0 unspecified atom stereocenters. The third kappa shape index (κ3) is 5.48. The van der Waals surface area contributed by atoms with Crippen LogP contribution in [0.1, 0.15) is 0 Å². The van der Waals surface area contributed by atoms with Crippen LogP contribution >= 0.6 is 45.5 Å². The van der Waals surface area contributed by atoms with Gasteiger partial charge >= 0.3 is 22.9 Å².